The Kier molecular flexibility index (Phi) is 5.15. The van der Waals surface area contributed by atoms with Crippen LogP contribution in [-0.4, -0.2) is 36.6 Å². The predicted octanol–water partition coefficient (Wildman–Crippen LogP) is 2.22. The van der Waals surface area contributed by atoms with Crippen molar-refractivity contribution in [2.24, 2.45) is 17.3 Å². The monoisotopic (exact) mass is 354 g/mol. The molecule has 0 unspecified atom stereocenters. The van der Waals surface area contributed by atoms with Crippen LogP contribution in [-0.2, 0) is 19.1 Å². The van der Waals surface area contributed by atoms with Crippen molar-refractivity contribution < 1.29 is 24.2 Å². The molecule has 2 atom stereocenters. The van der Waals surface area contributed by atoms with Crippen molar-refractivity contribution >= 4 is 40.8 Å². The van der Waals surface area contributed by atoms with Crippen molar-refractivity contribution in [3.05, 3.63) is 23.2 Å². The summed E-state index contributed by atoms with van der Waals surface area (Å²) in [5.41, 5.74) is 0.252. The van der Waals surface area contributed by atoms with Crippen LogP contribution in [0.2, 0.25) is 5.02 Å². The van der Waals surface area contributed by atoms with Gasteiger partial charge in [0.05, 0.1) is 22.5 Å². The van der Waals surface area contributed by atoms with Crippen LogP contribution in [0.15, 0.2) is 18.2 Å². The van der Waals surface area contributed by atoms with Gasteiger partial charge in [-0.3, -0.25) is 14.4 Å². The standard InChI is InChI=1S/C16H19ClN2O5/c1-16(2)12(13(16)15(22)23)14(21)18-8-4-5-10(9(17)6-8)19-11(20)7-24-3/h4-6,12-13H,7H2,1-3H3,(H,18,21)(H,19,20)(H,22,23)/t12-,13+/m0/s1. The third-order valence-corrected chi connectivity index (χ3v) is 4.47. The Morgan fingerprint density at radius 1 is 1.25 bits per heavy atom. The highest BCUT2D eigenvalue weighted by atomic mass is 35.5. The van der Waals surface area contributed by atoms with Crippen molar-refractivity contribution in [2.75, 3.05) is 24.4 Å². The summed E-state index contributed by atoms with van der Waals surface area (Å²) in [4.78, 5) is 34.9. The molecule has 1 aromatic rings. The number of benzene rings is 1. The fourth-order valence-electron chi connectivity index (χ4n) is 2.82. The Morgan fingerprint density at radius 2 is 1.92 bits per heavy atom. The van der Waals surface area contributed by atoms with Gasteiger partial charge in [-0.05, 0) is 23.6 Å². The molecule has 0 aromatic heterocycles. The highest BCUT2D eigenvalue weighted by Crippen LogP contribution is 2.58. The minimum Gasteiger partial charge on any atom is -0.481 e. The number of carbonyl (C=O) groups is 3. The average Bonchev–Trinajstić information content (AvgIpc) is 3.05. The summed E-state index contributed by atoms with van der Waals surface area (Å²) in [5, 5.41) is 14.6. The molecule has 2 rings (SSSR count). The molecule has 0 heterocycles. The zero-order valence-corrected chi connectivity index (χ0v) is 14.3. The van der Waals surface area contributed by atoms with Crippen molar-refractivity contribution in [1.29, 1.82) is 0 Å². The molecule has 0 aliphatic heterocycles. The molecular weight excluding hydrogens is 336 g/mol. The van der Waals surface area contributed by atoms with Crippen molar-refractivity contribution in [3.8, 4) is 0 Å². The third-order valence-electron chi connectivity index (χ3n) is 4.16. The summed E-state index contributed by atoms with van der Waals surface area (Å²) in [6.07, 6.45) is 0. The molecule has 130 valence electrons. The predicted molar refractivity (Wildman–Crippen MR) is 89.0 cm³/mol. The van der Waals surface area contributed by atoms with Crippen LogP contribution in [0.1, 0.15) is 13.8 Å². The quantitative estimate of drug-likeness (QED) is 0.726. The SMILES string of the molecule is COCC(=O)Nc1ccc(NC(=O)[C@@H]2[C@H](C(=O)O)C2(C)C)cc1Cl. The molecule has 8 heteroatoms. The molecule has 1 saturated carbocycles. The van der Waals surface area contributed by atoms with E-state index in [2.05, 4.69) is 10.6 Å². The lowest BCUT2D eigenvalue weighted by atomic mass is 10.1. The van der Waals surface area contributed by atoms with Crippen molar-refractivity contribution in [2.45, 2.75) is 13.8 Å². The summed E-state index contributed by atoms with van der Waals surface area (Å²) in [5.74, 6) is -2.97. The topological polar surface area (TPSA) is 105 Å². The molecule has 0 saturated heterocycles. The molecule has 2 amide bonds. The molecular formula is C16H19ClN2O5. The second-order valence-electron chi connectivity index (χ2n) is 6.28. The number of rotatable bonds is 6. The van der Waals surface area contributed by atoms with Gasteiger partial charge in [0.1, 0.15) is 6.61 Å². The normalized spacial score (nSPS) is 21.0. The van der Waals surface area contributed by atoms with E-state index in [9.17, 15) is 14.4 Å². The smallest absolute Gasteiger partial charge is 0.307 e. The number of aliphatic carboxylic acids is 1. The number of methoxy groups -OCH3 is 1. The molecule has 24 heavy (non-hydrogen) atoms. The molecule has 3 N–H and O–H groups in total. The number of anilines is 2. The maximum absolute atomic E-state index is 12.3. The molecule has 1 aliphatic rings. The number of nitrogens with one attached hydrogen (secondary N) is 2. The van der Waals surface area contributed by atoms with E-state index in [1.165, 1.54) is 13.2 Å². The van der Waals surface area contributed by atoms with Gasteiger partial charge < -0.3 is 20.5 Å². The maximum atomic E-state index is 12.3. The van der Waals surface area contributed by atoms with Crippen LogP contribution in [0.5, 0.6) is 0 Å². The highest BCUT2D eigenvalue weighted by Gasteiger charge is 2.65. The van der Waals surface area contributed by atoms with E-state index in [4.69, 9.17) is 21.4 Å². The Hall–Kier alpha value is -2.12. The summed E-state index contributed by atoms with van der Waals surface area (Å²) in [6.45, 7) is 3.40. The Bertz CT molecular complexity index is 689. The number of carbonyl (C=O) groups excluding carboxylic acids is 2. The number of carboxylic acid groups (broad SMARTS) is 1. The summed E-state index contributed by atoms with van der Waals surface area (Å²) >= 11 is 6.09. The fraction of sp³-hybridized carbons (Fsp3) is 0.438. The molecule has 0 bridgehead atoms. The van der Waals surface area contributed by atoms with Crippen LogP contribution < -0.4 is 10.6 Å². The minimum atomic E-state index is -0.977. The van der Waals surface area contributed by atoms with E-state index < -0.39 is 23.2 Å². The minimum absolute atomic E-state index is 0.0951. The van der Waals surface area contributed by atoms with E-state index in [0.717, 1.165) is 0 Å². The molecule has 7 nitrogen and oxygen atoms in total. The number of carboxylic acids is 1. The van der Waals surface area contributed by atoms with Gasteiger partial charge in [-0.15, -0.1) is 0 Å². The maximum Gasteiger partial charge on any atom is 0.307 e. The van der Waals surface area contributed by atoms with Crippen LogP contribution in [0, 0.1) is 17.3 Å². The summed E-state index contributed by atoms with van der Waals surface area (Å²) in [7, 11) is 1.41. The first-order chi connectivity index (χ1) is 11.2. The second-order valence-corrected chi connectivity index (χ2v) is 6.69. The van der Waals surface area contributed by atoms with E-state index in [0.29, 0.717) is 11.4 Å². The van der Waals surface area contributed by atoms with E-state index in [1.54, 1.807) is 26.0 Å². The molecule has 1 fully saturated rings. The highest BCUT2D eigenvalue weighted by molar-refractivity contribution is 6.34. The lowest BCUT2D eigenvalue weighted by Gasteiger charge is -2.10. The molecule has 1 aromatic carbocycles. The van der Waals surface area contributed by atoms with Crippen LogP contribution in [0.3, 0.4) is 0 Å². The fourth-order valence-corrected chi connectivity index (χ4v) is 3.05. The number of ether oxygens (including phenoxy) is 1. The summed E-state index contributed by atoms with van der Waals surface area (Å²) in [6, 6.07) is 4.63. The molecule has 0 spiro atoms. The first kappa shape index (κ1) is 18.2. The molecule has 0 radical (unpaired) electrons. The average molecular weight is 355 g/mol. The van der Waals surface area contributed by atoms with Gasteiger partial charge in [0.25, 0.3) is 0 Å². The number of hydrogen-bond donors (Lipinski definition) is 3. The van der Waals surface area contributed by atoms with Crippen molar-refractivity contribution in [3.63, 3.8) is 0 Å². The lowest BCUT2D eigenvalue weighted by Crippen LogP contribution is -2.19. The first-order valence-corrected chi connectivity index (χ1v) is 7.68. The zero-order valence-electron chi connectivity index (χ0n) is 13.6. The van der Waals surface area contributed by atoms with Gasteiger partial charge in [-0.2, -0.15) is 0 Å². The largest absolute Gasteiger partial charge is 0.481 e. The lowest BCUT2D eigenvalue weighted by molar-refractivity contribution is -0.140. The Morgan fingerprint density at radius 3 is 2.42 bits per heavy atom. The first-order valence-electron chi connectivity index (χ1n) is 7.30. The van der Waals surface area contributed by atoms with Gasteiger partial charge in [0.2, 0.25) is 11.8 Å². The van der Waals surface area contributed by atoms with Gasteiger partial charge in [-0.1, -0.05) is 25.4 Å². The van der Waals surface area contributed by atoms with Crippen LogP contribution >= 0.6 is 11.6 Å². The van der Waals surface area contributed by atoms with Gasteiger partial charge in [-0.25, -0.2) is 0 Å². The zero-order chi connectivity index (χ0) is 18.1. The van der Waals surface area contributed by atoms with E-state index in [-0.39, 0.29) is 23.4 Å². The van der Waals surface area contributed by atoms with Crippen LogP contribution in [0.25, 0.3) is 0 Å². The second kappa shape index (κ2) is 6.78. The van der Waals surface area contributed by atoms with Gasteiger partial charge in [0, 0.05) is 12.8 Å². The van der Waals surface area contributed by atoms with E-state index in [1.807, 2.05) is 0 Å². The summed E-state index contributed by atoms with van der Waals surface area (Å²) < 4.78 is 4.71. The van der Waals surface area contributed by atoms with E-state index >= 15 is 0 Å². The molecule has 1 aliphatic carbocycles. The third kappa shape index (κ3) is 3.68. The number of halogens is 1. The van der Waals surface area contributed by atoms with Gasteiger partial charge >= 0.3 is 5.97 Å². The van der Waals surface area contributed by atoms with Crippen molar-refractivity contribution in [1.82, 2.24) is 0 Å². The Balaban J connectivity index is 2.04. The number of hydrogen-bond acceptors (Lipinski definition) is 4. The van der Waals surface area contributed by atoms with Crippen LogP contribution in [0.4, 0.5) is 11.4 Å². The number of amides is 2. The Labute approximate surface area is 144 Å². The van der Waals surface area contributed by atoms with Gasteiger partial charge in [0.15, 0.2) is 0 Å².